The van der Waals surface area contributed by atoms with E-state index >= 15 is 0 Å². The molecule has 2 nitrogen and oxygen atoms in total. The molecule has 1 atom stereocenters. The van der Waals surface area contributed by atoms with Crippen LogP contribution in [0.2, 0.25) is 0 Å². The third-order valence-electron chi connectivity index (χ3n) is 6.29. The zero-order valence-corrected chi connectivity index (χ0v) is 16.7. The summed E-state index contributed by atoms with van der Waals surface area (Å²) < 4.78 is 80.1. The molecule has 1 N–H and O–H groups in total. The van der Waals surface area contributed by atoms with E-state index < -0.39 is 34.9 Å². The molecule has 1 aliphatic heterocycles. The molecule has 1 unspecified atom stereocenters. The van der Waals surface area contributed by atoms with Gasteiger partial charge in [-0.15, -0.1) is 0 Å². The van der Waals surface area contributed by atoms with E-state index in [0.29, 0.717) is 5.57 Å². The molecule has 0 bridgehead atoms. The summed E-state index contributed by atoms with van der Waals surface area (Å²) in [6, 6.07) is 7.44. The van der Waals surface area contributed by atoms with Crippen molar-refractivity contribution in [2.75, 3.05) is 0 Å². The molecule has 0 spiro atoms. The smallest absolute Gasteiger partial charge is 0.343 e. The Kier molecular flexibility index (Phi) is 4.75. The fraction of sp³-hybridized carbons (Fsp3) is 0.348. The van der Waals surface area contributed by atoms with Gasteiger partial charge < -0.3 is 5.32 Å². The molecule has 1 fully saturated rings. The van der Waals surface area contributed by atoms with Crippen LogP contribution in [-0.2, 0) is 17.1 Å². The van der Waals surface area contributed by atoms with Gasteiger partial charge >= 0.3 is 12.4 Å². The lowest BCUT2D eigenvalue weighted by Crippen LogP contribution is -2.43. The van der Waals surface area contributed by atoms with Gasteiger partial charge in [0.25, 0.3) is 5.91 Å². The number of alkyl halides is 6. The molecule has 164 valence electrons. The van der Waals surface area contributed by atoms with Crippen molar-refractivity contribution in [1.82, 2.24) is 5.32 Å². The van der Waals surface area contributed by atoms with Crippen LogP contribution < -0.4 is 5.32 Å². The molecule has 0 saturated heterocycles. The number of rotatable bonds is 3. The molecule has 0 radical (unpaired) electrons. The van der Waals surface area contributed by atoms with Gasteiger partial charge in [0.15, 0.2) is 0 Å². The first-order valence-electron chi connectivity index (χ1n) is 9.75. The van der Waals surface area contributed by atoms with Crippen LogP contribution in [0, 0.1) is 5.92 Å². The topological polar surface area (TPSA) is 29.1 Å². The van der Waals surface area contributed by atoms with Crippen LogP contribution in [0.15, 0.2) is 48.0 Å². The summed E-state index contributed by atoms with van der Waals surface area (Å²) in [6.45, 7) is 3.50. The van der Waals surface area contributed by atoms with Gasteiger partial charge in [-0.25, -0.2) is 0 Å². The summed E-state index contributed by atoms with van der Waals surface area (Å²) in [5.41, 5.74) is -1.83. The minimum atomic E-state index is -4.75. The van der Waals surface area contributed by atoms with Gasteiger partial charge in [0.2, 0.25) is 0 Å². The second-order valence-electron chi connectivity index (χ2n) is 8.26. The highest BCUT2D eigenvalue weighted by Crippen LogP contribution is 2.49. The van der Waals surface area contributed by atoms with Gasteiger partial charge in [0, 0.05) is 5.57 Å². The highest BCUT2D eigenvalue weighted by molar-refractivity contribution is 6.24. The third kappa shape index (κ3) is 3.72. The monoisotopic (exact) mass is 439 g/mol. The van der Waals surface area contributed by atoms with Crippen LogP contribution in [0.4, 0.5) is 26.3 Å². The van der Waals surface area contributed by atoms with Gasteiger partial charge in [-0.05, 0) is 73.1 Å². The molecule has 4 rings (SSSR count). The zero-order valence-electron chi connectivity index (χ0n) is 16.7. The fourth-order valence-corrected chi connectivity index (χ4v) is 4.24. The van der Waals surface area contributed by atoms with Gasteiger partial charge in [-0.3, -0.25) is 4.79 Å². The molecule has 2 aromatic rings. The first-order chi connectivity index (χ1) is 14.3. The summed E-state index contributed by atoms with van der Waals surface area (Å²) in [4.78, 5) is 12.7. The van der Waals surface area contributed by atoms with Gasteiger partial charge in [0.05, 0.1) is 16.7 Å². The second kappa shape index (κ2) is 6.87. The molecule has 0 aromatic heterocycles. The van der Waals surface area contributed by atoms with Crippen LogP contribution in [0.3, 0.4) is 0 Å². The number of nitrogens with one attached hydrogen (secondary N) is 1. The van der Waals surface area contributed by atoms with Crippen LogP contribution >= 0.6 is 0 Å². The first-order valence-corrected chi connectivity index (χ1v) is 9.75. The lowest BCUT2D eigenvalue weighted by Gasteiger charge is -2.26. The van der Waals surface area contributed by atoms with Crippen LogP contribution in [0.5, 0.6) is 0 Å². The van der Waals surface area contributed by atoms with Crippen LogP contribution in [0.1, 0.15) is 43.4 Å². The highest BCUT2D eigenvalue weighted by atomic mass is 19.4. The van der Waals surface area contributed by atoms with Crippen LogP contribution in [-0.4, -0.2) is 11.4 Å². The van der Waals surface area contributed by atoms with Crippen LogP contribution in [0.25, 0.3) is 16.7 Å². The Morgan fingerprint density at radius 1 is 0.903 bits per heavy atom. The van der Waals surface area contributed by atoms with Crippen molar-refractivity contribution in [1.29, 1.82) is 0 Å². The van der Waals surface area contributed by atoms with Crippen molar-refractivity contribution >= 4 is 11.5 Å². The molecular weight excluding hydrogens is 420 g/mol. The number of carbonyl (C=O) groups excluding carboxylic acids is 1. The SMILES string of the molecule is CC1=C(c2ccc(-c3ccc(C(F)(F)F)cc3)cc2C(F)(F)F)C(=O)NC1(C)C1CC1. The Balaban J connectivity index is 1.81. The Hall–Kier alpha value is -2.77. The van der Waals surface area contributed by atoms with E-state index in [1.54, 1.807) is 6.92 Å². The van der Waals surface area contributed by atoms with Crippen molar-refractivity contribution < 1.29 is 31.1 Å². The zero-order chi connectivity index (χ0) is 22.8. The minimum absolute atomic E-state index is 0.0145. The van der Waals surface area contributed by atoms with Crippen molar-refractivity contribution in [2.24, 2.45) is 5.92 Å². The standard InChI is InChI=1S/C23H19F6NO/c1-12-19(20(31)30-21(12,2)15-8-9-15)17-10-5-14(11-18(17)23(27,28)29)13-3-6-16(7-4-13)22(24,25)26/h3-7,10-11,15H,8-9H2,1-2H3,(H,30,31). The number of halogens is 6. The summed E-state index contributed by atoms with van der Waals surface area (Å²) in [5.74, 6) is -0.339. The molecule has 1 aliphatic carbocycles. The van der Waals surface area contributed by atoms with E-state index in [4.69, 9.17) is 0 Å². The van der Waals surface area contributed by atoms with E-state index in [9.17, 15) is 31.1 Å². The van der Waals surface area contributed by atoms with Gasteiger partial charge in [-0.2, -0.15) is 26.3 Å². The number of benzene rings is 2. The lowest BCUT2D eigenvalue weighted by molar-refractivity contribution is -0.138. The molecule has 8 heteroatoms. The molecule has 1 heterocycles. The van der Waals surface area contributed by atoms with Crippen molar-refractivity contribution in [3.63, 3.8) is 0 Å². The summed E-state index contributed by atoms with van der Waals surface area (Å²) >= 11 is 0. The highest BCUT2D eigenvalue weighted by Gasteiger charge is 2.50. The predicted octanol–water partition coefficient (Wildman–Crippen LogP) is 6.46. The number of amides is 1. The maximum Gasteiger partial charge on any atom is 0.417 e. The summed E-state index contributed by atoms with van der Waals surface area (Å²) in [6.07, 6.45) is -7.47. The number of carbonyl (C=O) groups is 1. The van der Waals surface area contributed by atoms with Crippen molar-refractivity contribution in [3.8, 4) is 11.1 Å². The van der Waals surface area contributed by atoms with E-state index in [-0.39, 0.29) is 28.2 Å². The first kappa shape index (κ1) is 21.5. The Morgan fingerprint density at radius 2 is 1.48 bits per heavy atom. The lowest BCUT2D eigenvalue weighted by atomic mass is 9.85. The maximum absolute atomic E-state index is 13.9. The largest absolute Gasteiger partial charge is 0.417 e. The van der Waals surface area contributed by atoms with Crippen molar-refractivity contribution in [3.05, 3.63) is 64.7 Å². The number of hydrogen-bond donors (Lipinski definition) is 1. The fourth-order valence-electron chi connectivity index (χ4n) is 4.24. The summed E-state index contributed by atoms with van der Waals surface area (Å²) in [7, 11) is 0. The normalized spacial score (nSPS) is 22.1. The van der Waals surface area contributed by atoms with Gasteiger partial charge in [-0.1, -0.05) is 24.3 Å². The Morgan fingerprint density at radius 3 is 2.00 bits per heavy atom. The third-order valence-corrected chi connectivity index (χ3v) is 6.29. The van der Waals surface area contributed by atoms with Crippen molar-refractivity contribution in [2.45, 2.75) is 44.6 Å². The molecule has 31 heavy (non-hydrogen) atoms. The van der Waals surface area contributed by atoms with E-state index in [1.807, 2.05) is 6.92 Å². The van der Waals surface area contributed by atoms with E-state index in [0.717, 1.165) is 43.2 Å². The second-order valence-corrected chi connectivity index (χ2v) is 8.26. The quantitative estimate of drug-likeness (QED) is 0.546. The molecule has 1 amide bonds. The Bertz CT molecular complexity index is 1080. The van der Waals surface area contributed by atoms with E-state index in [2.05, 4.69) is 5.32 Å². The molecule has 2 aromatic carbocycles. The molecule has 2 aliphatic rings. The Labute approximate surface area is 175 Å². The average Bonchev–Trinajstić information content (AvgIpc) is 3.49. The average molecular weight is 439 g/mol. The van der Waals surface area contributed by atoms with Gasteiger partial charge in [0.1, 0.15) is 0 Å². The predicted molar refractivity (Wildman–Crippen MR) is 104 cm³/mol. The molecule has 1 saturated carbocycles. The number of hydrogen-bond acceptors (Lipinski definition) is 1. The minimum Gasteiger partial charge on any atom is -0.343 e. The summed E-state index contributed by atoms with van der Waals surface area (Å²) in [5, 5.41) is 2.85. The molecular formula is C23H19F6NO. The maximum atomic E-state index is 13.9. The van der Waals surface area contributed by atoms with E-state index in [1.165, 1.54) is 12.1 Å².